The summed E-state index contributed by atoms with van der Waals surface area (Å²) in [5.74, 6) is 0.791. The molecule has 0 radical (unpaired) electrons. The van der Waals surface area contributed by atoms with Gasteiger partial charge in [0.1, 0.15) is 11.4 Å². The Morgan fingerprint density at radius 2 is 2.37 bits per heavy atom. The van der Waals surface area contributed by atoms with E-state index in [0.717, 1.165) is 11.3 Å². The SMILES string of the molecule is COc1ccc(Cl)cc1C(C)NCC1(O)CCOC1. The van der Waals surface area contributed by atoms with Gasteiger partial charge in [0.2, 0.25) is 0 Å². The van der Waals surface area contributed by atoms with E-state index in [1.807, 2.05) is 19.1 Å². The lowest BCUT2D eigenvalue weighted by atomic mass is 10.0. The largest absolute Gasteiger partial charge is 0.496 e. The number of nitrogens with one attached hydrogen (secondary N) is 1. The van der Waals surface area contributed by atoms with E-state index in [4.69, 9.17) is 21.1 Å². The highest BCUT2D eigenvalue weighted by molar-refractivity contribution is 6.30. The summed E-state index contributed by atoms with van der Waals surface area (Å²) in [6.45, 7) is 3.52. The number of ether oxygens (including phenoxy) is 2. The predicted molar refractivity (Wildman–Crippen MR) is 74.8 cm³/mol. The van der Waals surface area contributed by atoms with Crippen LogP contribution in [0.5, 0.6) is 5.75 Å². The zero-order chi connectivity index (χ0) is 13.9. The first-order chi connectivity index (χ1) is 9.04. The summed E-state index contributed by atoms with van der Waals surface area (Å²) in [5.41, 5.74) is 0.220. The second kappa shape index (κ2) is 6.09. The van der Waals surface area contributed by atoms with Crippen LogP contribution in [0.2, 0.25) is 5.02 Å². The van der Waals surface area contributed by atoms with Crippen LogP contribution in [0, 0.1) is 0 Å². The first-order valence-electron chi connectivity index (χ1n) is 6.41. The van der Waals surface area contributed by atoms with Crippen LogP contribution in [-0.4, -0.2) is 37.6 Å². The molecule has 1 fully saturated rings. The number of hydrogen-bond donors (Lipinski definition) is 2. The van der Waals surface area contributed by atoms with Crippen LogP contribution in [0.25, 0.3) is 0 Å². The zero-order valence-corrected chi connectivity index (χ0v) is 12.0. The predicted octanol–water partition coefficient (Wildman–Crippen LogP) is 2.15. The van der Waals surface area contributed by atoms with Crippen molar-refractivity contribution in [3.8, 4) is 5.75 Å². The van der Waals surface area contributed by atoms with Crippen molar-refractivity contribution in [1.29, 1.82) is 0 Å². The Bertz CT molecular complexity index is 433. The van der Waals surface area contributed by atoms with Crippen LogP contribution in [0.1, 0.15) is 24.9 Å². The molecule has 5 heteroatoms. The van der Waals surface area contributed by atoms with Crippen molar-refractivity contribution in [1.82, 2.24) is 5.32 Å². The zero-order valence-electron chi connectivity index (χ0n) is 11.3. The summed E-state index contributed by atoms with van der Waals surface area (Å²) < 4.78 is 10.6. The van der Waals surface area contributed by atoms with Gasteiger partial charge in [-0.2, -0.15) is 0 Å². The number of aliphatic hydroxyl groups is 1. The van der Waals surface area contributed by atoms with Gasteiger partial charge in [-0.05, 0) is 25.1 Å². The minimum absolute atomic E-state index is 0.0401. The normalized spacial score (nSPS) is 24.4. The topological polar surface area (TPSA) is 50.7 Å². The molecule has 1 saturated heterocycles. The van der Waals surface area contributed by atoms with Gasteiger partial charge in [0.05, 0.1) is 13.7 Å². The Kier molecular flexibility index (Phi) is 4.68. The van der Waals surface area contributed by atoms with E-state index in [0.29, 0.717) is 31.2 Å². The molecule has 2 unspecified atom stereocenters. The summed E-state index contributed by atoms with van der Waals surface area (Å²) in [5, 5.41) is 14.2. The Hall–Kier alpha value is -0.810. The third kappa shape index (κ3) is 3.60. The lowest BCUT2D eigenvalue weighted by Gasteiger charge is -2.25. The molecule has 0 amide bonds. The van der Waals surface area contributed by atoms with E-state index in [1.165, 1.54) is 0 Å². The maximum atomic E-state index is 10.2. The fraction of sp³-hybridized carbons (Fsp3) is 0.571. The van der Waals surface area contributed by atoms with Crippen molar-refractivity contribution in [2.75, 3.05) is 26.9 Å². The summed E-state index contributed by atoms with van der Waals surface area (Å²) >= 11 is 6.02. The molecule has 1 heterocycles. The van der Waals surface area contributed by atoms with Crippen LogP contribution in [0.15, 0.2) is 18.2 Å². The highest BCUT2D eigenvalue weighted by atomic mass is 35.5. The molecule has 19 heavy (non-hydrogen) atoms. The summed E-state index contributed by atoms with van der Waals surface area (Å²) in [4.78, 5) is 0. The molecule has 0 spiro atoms. The molecule has 2 rings (SSSR count). The fourth-order valence-electron chi connectivity index (χ4n) is 2.23. The lowest BCUT2D eigenvalue weighted by Crippen LogP contribution is -2.41. The molecule has 0 saturated carbocycles. The molecule has 0 bridgehead atoms. The summed E-state index contributed by atoms with van der Waals surface area (Å²) in [6, 6.07) is 5.57. The molecule has 0 aromatic heterocycles. The van der Waals surface area contributed by atoms with E-state index in [2.05, 4.69) is 5.32 Å². The Morgan fingerprint density at radius 3 is 3.00 bits per heavy atom. The molecule has 1 aliphatic heterocycles. The van der Waals surface area contributed by atoms with Crippen molar-refractivity contribution >= 4 is 11.6 Å². The molecule has 0 aliphatic carbocycles. The third-order valence-electron chi connectivity index (χ3n) is 3.48. The monoisotopic (exact) mass is 285 g/mol. The average Bonchev–Trinajstić information content (AvgIpc) is 2.83. The highest BCUT2D eigenvalue weighted by Gasteiger charge is 2.32. The minimum atomic E-state index is -0.764. The van der Waals surface area contributed by atoms with E-state index < -0.39 is 5.60 Å². The fourth-order valence-corrected chi connectivity index (χ4v) is 2.41. The Labute approximate surface area is 118 Å². The quantitative estimate of drug-likeness (QED) is 0.870. The van der Waals surface area contributed by atoms with Crippen LogP contribution in [-0.2, 0) is 4.74 Å². The molecule has 2 N–H and O–H groups in total. The molecule has 2 atom stereocenters. The number of hydrogen-bond acceptors (Lipinski definition) is 4. The molecular formula is C14H20ClNO3. The third-order valence-corrected chi connectivity index (χ3v) is 3.71. The van der Waals surface area contributed by atoms with Crippen molar-refractivity contribution in [2.45, 2.75) is 25.0 Å². The van der Waals surface area contributed by atoms with Gasteiger partial charge in [0.25, 0.3) is 0 Å². The van der Waals surface area contributed by atoms with Gasteiger partial charge >= 0.3 is 0 Å². The van der Waals surface area contributed by atoms with Gasteiger partial charge < -0.3 is 19.9 Å². The smallest absolute Gasteiger partial charge is 0.123 e. The van der Waals surface area contributed by atoms with Crippen LogP contribution < -0.4 is 10.1 Å². The Balaban J connectivity index is 2.03. The summed E-state index contributed by atoms with van der Waals surface area (Å²) in [6.07, 6.45) is 0.666. The molecule has 106 valence electrons. The van der Waals surface area contributed by atoms with Crippen LogP contribution in [0.3, 0.4) is 0 Å². The molecule has 1 aromatic carbocycles. The van der Waals surface area contributed by atoms with Gasteiger partial charge in [-0.25, -0.2) is 0 Å². The number of rotatable bonds is 5. The van der Waals surface area contributed by atoms with Gasteiger partial charge in [-0.3, -0.25) is 0 Å². The van der Waals surface area contributed by atoms with Crippen molar-refractivity contribution in [2.24, 2.45) is 0 Å². The van der Waals surface area contributed by atoms with Crippen molar-refractivity contribution in [3.05, 3.63) is 28.8 Å². The molecule has 1 aromatic rings. The minimum Gasteiger partial charge on any atom is -0.496 e. The number of benzene rings is 1. The van der Waals surface area contributed by atoms with E-state index in [1.54, 1.807) is 13.2 Å². The van der Waals surface area contributed by atoms with Gasteiger partial charge in [-0.1, -0.05) is 11.6 Å². The van der Waals surface area contributed by atoms with Gasteiger partial charge in [0.15, 0.2) is 0 Å². The van der Waals surface area contributed by atoms with Crippen LogP contribution >= 0.6 is 11.6 Å². The standard InChI is InChI=1S/C14H20ClNO3/c1-10(16-8-14(17)5-6-19-9-14)12-7-11(15)3-4-13(12)18-2/h3-4,7,10,16-17H,5-6,8-9H2,1-2H3. The van der Waals surface area contributed by atoms with Gasteiger partial charge in [0, 0.05) is 36.2 Å². The van der Waals surface area contributed by atoms with Crippen molar-refractivity contribution in [3.63, 3.8) is 0 Å². The van der Waals surface area contributed by atoms with E-state index >= 15 is 0 Å². The maximum Gasteiger partial charge on any atom is 0.123 e. The molecule has 4 nitrogen and oxygen atoms in total. The Morgan fingerprint density at radius 1 is 1.58 bits per heavy atom. The lowest BCUT2D eigenvalue weighted by molar-refractivity contribution is 0.0251. The average molecular weight is 286 g/mol. The maximum absolute atomic E-state index is 10.2. The number of methoxy groups -OCH3 is 1. The van der Waals surface area contributed by atoms with E-state index in [-0.39, 0.29) is 6.04 Å². The summed E-state index contributed by atoms with van der Waals surface area (Å²) in [7, 11) is 1.64. The van der Waals surface area contributed by atoms with Crippen molar-refractivity contribution < 1.29 is 14.6 Å². The molecule has 1 aliphatic rings. The molecular weight excluding hydrogens is 266 g/mol. The second-order valence-electron chi connectivity index (χ2n) is 5.02. The second-order valence-corrected chi connectivity index (χ2v) is 5.45. The first kappa shape index (κ1) is 14.6. The first-order valence-corrected chi connectivity index (χ1v) is 6.79. The highest BCUT2D eigenvalue weighted by Crippen LogP contribution is 2.28. The van der Waals surface area contributed by atoms with Gasteiger partial charge in [-0.15, -0.1) is 0 Å². The number of halogens is 1. The van der Waals surface area contributed by atoms with Crippen LogP contribution in [0.4, 0.5) is 0 Å². The van der Waals surface area contributed by atoms with E-state index in [9.17, 15) is 5.11 Å².